The Hall–Kier alpha value is -1.75. The topological polar surface area (TPSA) is 58.8 Å². The molecule has 21 heavy (non-hydrogen) atoms. The molecule has 0 unspecified atom stereocenters. The summed E-state index contributed by atoms with van der Waals surface area (Å²) < 4.78 is 5.27. The average molecular weight is 291 g/mol. The van der Waals surface area contributed by atoms with E-state index in [1.165, 1.54) is 0 Å². The largest absolute Gasteiger partial charge is 0.496 e. The van der Waals surface area contributed by atoms with Gasteiger partial charge in [-0.2, -0.15) is 0 Å². The number of nitrogen functional groups attached to an aromatic ring is 1. The second kappa shape index (κ2) is 6.80. The predicted molar refractivity (Wildman–Crippen MR) is 84.6 cm³/mol. The lowest BCUT2D eigenvalue weighted by Crippen LogP contribution is -2.49. The summed E-state index contributed by atoms with van der Waals surface area (Å²) in [7, 11) is 1.57. The molecule has 0 bridgehead atoms. The molecule has 1 aliphatic rings. The van der Waals surface area contributed by atoms with E-state index in [0.717, 1.165) is 32.7 Å². The van der Waals surface area contributed by atoms with E-state index in [0.29, 0.717) is 22.9 Å². The van der Waals surface area contributed by atoms with Crippen LogP contribution < -0.4 is 10.5 Å². The van der Waals surface area contributed by atoms with E-state index in [4.69, 9.17) is 10.5 Å². The number of hydrogen-bond acceptors (Lipinski definition) is 4. The van der Waals surface area contributed by atoms with E-state index < -0.39 is 0 Å². The van der Waals surface area contributed by atoms with Crippen molar-refractivity contribution >= 4 is 11.6 Å². The number of hydrogen-bond donors (Lipinski definition) is 1. The molecule has 5 nitrogen and oxygen atoms in total. The van der Waals surface area contributed by atoms with Crippen LogP contribution >= 0.6 is 0 Å². The number of benzene rings is 1. The second-order valence-electron chi connectivity index (χ2n) is 5.95. The number of nitrogens with zero attached hydrogens (tertiary/aromatic N) is 2. The Bertz CT molecular complexity index is 494. The number of carbonyl (C=O) groups is 1. The molecule has 1 aliphatic heterocycles. The Morgan fingerprint density at radius 1 is 1.29 bits per heavy atom. The predicted octanol–water partition coefficient (Wildman–Crippen LogP) is 1.69. The van der Waals surface area contributed by atoms with E-state index >= 15 is 0 Å². The number of carbonyl (C=O) groups excluding carboxylic acids is 1. The summed E-state index contributed by atoms with van der Waals surface area (Å²) in [5, 5.41) is 0. The first-order chi connectivity index (χ1) is 10.0. The zero-order valence-corrected chi connectivity index (χ0v) is 13.1. The molecule has 1 saturated heterocycles. The van der Waals surface area contributed by atoms with Crippen LogP contribution in [-0.4, -0.2) is 55.5 Å². The van der Waals surface area contributed by atoms with Crippen LogP contribution in [0.2, 0.25) is 0 Å². The highest BCUT2D eigenvalue weighted by Crippen LogP contribution is 2.23. The van der Waals surface area contributed by atoms with Gasteiger partial charge in [0.25, 0.3) is 5.91 Å². The van der Waals surface area contributed by atoms with Gasteiger partial charge in [0.05, 0.1) is 12.7 Å². The van der Waals surface area contributed by atoms with Gasteiger partial charge in [-0.25, -0.2) is 0 Å². The standard InChI is InChI=1S/C16H25N3O2/c1-12(2)11-18-6-8-19(9-7-18)16(20)14-10-13(17)4-5-15(14)21-3/h4-5,10,12H,6-9,11,17H2,1-3H3. The minimum atomic E-state index is 0.00310. The fourth-order valence-electron chi connectivity index (χ4n) is 2.71. The minimum absolute atomic E-state index is 0.00310. The summed E-state index contributed by atoms with van der Waals surface area (Å²) >= 11 is 0. The van der Waals surface area contributed by atoms with Crippen LogP contribution in [0.15, 0.2) is 18.2 Å². The summed E-state index contributed by atoms with van der Waals surface area (Å²) in [6.45, 7) is 8.88. The molecule has 0 saturated carbocycles. The minimum Gasteiger partial charge on any atom is -0.496 e. The molecule has 0 aliphatic carbocycles. The third-order valence-electron chi connectivity index (χ3n) is 3.74. The molecular weight excluding hydrogens is 266 g/mol. The molecule has 2 rings (SSSR count). The smallest absolute Gasteiger partial charge is 0.257 e. The molecule has 1 aromatic rings. The number of methoxy groups -OCH3 is 1. The summed E-state index contributed by atoms with van der Waals surface area (Å²) in [6, 6.07) is 5.19. The normalized spacial score (nSPS) is 16.3. The van der Waals surface area contributed by atoms with E-state index in [1.807, 2.05) is 4.90 Å². The van der Waals surface area contributed by atoms with Crippen molar-refractivity contribution in [3.05, 3.63) is 23.8 Å². The Balaban J connectivity index is 2.03. The zero-order valence-electron chi connectivity index (χ0n) is 13.1. The van der Waals surface area contributed by atoms with Crippen molar-refractivity contribution in [2.24, 2.45) is 5.92 Å². The number of rotatable bonds is 4. The highest BCUT2D eigenvalue weighted by molar-refractivity contribution is 5.97. The fraction of sp³-hybridized carbons (Fsp3) is 0.562. The van der Waals surface area contributed by atoms with Crippen molar-refractivity contribution in [2.75, 3.05) is 45.6 Å². The lowest BCUT2D eigenvalue weighted by molar-refractivity contribution is 0.0620. The summed E-state index contributed by atoms with van der Waals surface area (Å²) in [5.41, 5.74) is 6.92. The van der Waals surface area contributed by atoms with E-state index in [9.17, 15) is 4.79 Å². The fourth-order valence-corrected chi connectivity index (χ4v) is 2.71. The lowest BCUT2D eigenvalue weighted by atomic mass is 10.1. The van der Waals surface area contributed by atoms with Gasteiger partial charge in [-0.15, -0.1) is 0 Å². The van der Waals surface area contributed by atoms with Gasteiger partial charge in [0.15, 0.2) is 0 Å². The maximum Gasteiger partial charge on any atom is 0.257 e. The van der Waals surface area contributed by atoms with Gasteiger partial charge in [-0.1, -0.05) is 13.8 Å². The van der Waals surface area contributed by atoms with Crippen LogP contribution in [0.3, 0.4) is 0 Å². The van der Waals surface area contributed by atoms with E-state index in [1.54, 1.807) is 25.3 Å². The molecule has 5 heteroatoms. The van der Waals surface area contributed by atoms with Crippen molar-refractivity contribution in [1.82, 2.24) is 9.80 Å². The molecule has 116 valence electrons. The zero-order chi connectivity index (χ0) is 15.4. The first kappa shape index (κ1) is 15.6. The van der Waals surface area contributed by atoms with Gasteiger partial charge in [0, 0.05) is 38.4 Å². The molecule has 2 N–H and O–H groups in total. The van der Waals surface area contributed by atoms with Gasteiger partial charge in [-0.3, -0.25) is 9.69 Å². The third kappa shape index (κ3) is 3.88. The number of nitrogens with two attached hydrogens (primary N) is 1. The maximum atomic E-state index is 12.6. The molecule has 1 fully saturated rings. The monoisotopic (exact) mass is 291 g/mol. The second-order valence-corrected chi connectivity index (χ2v) is 5.95. The van der Waals surface area contributed by atoms with Gasteiger partial charge >= 0.3 is 0 Å². The maximum absolute atomic E-state index is 12.6. The SMILES string of the molecule is COc1ccc(N)cc1C(=O)N1CCN(CC(C)C)CC1. The van der Waals surface area contributed by atoms with Crippen molar-refractivity contribution in [3.8, 4) is 5.75 Å². The number of piperazine rings is 1. The van der Waals surface area contributed by atoms with Gasteiger partial charge in [0.1, 0.15) is 5.75 Å². The molecule has 1 heterocycles. The highest BCUT2D eigenvalue weighted by atomic mass is 16.5. The number of ether oxygens (including phenoxy) is 1. The average Bonchev–Trinajstić information content (AvgIpc) is 2.46. The van der Waals surface area contributed by atoms with E-state index in [-0.39, 0.29) is 5.91 Å². The Labute approximate surface area is 126 Å². The van der Waals surface area contributed by atoms with Crippen LogP contribution in [-0.2, 0) is 0 Å². The number of anilines is 1. The molecular formula is C16H25N3O2. The Morgan fingerprint density at radius 3 is 2.52 bits per heavy atom. The van der Waals surface area contributed by atoms with Crippen molar-refractivity contribution in [1.29, 1.82) is 0 Å². The molecule has 1 amide bonds. The first-order valence-electron chi connectivity index (χ1n) is 7.46. The van der Waals surface area contributed by atoms with Crippen LogP contribution in [0.1, 0.15) is 24.2 Å². The Kier molecular flexibility index (Phi) is 5.07. The summed E-state index contributed by atoms with van der Waals surface area (Å²) in [6.07, 6.45) is 0. The molecule has 0 aromatic heterocycles. The van der Waals surface area contributed by atoms with Crippen LogP contribution in [0.25, 0.3) is 0 Å². The summed E-state index contributed by atoms with van der Waals surface area (Å²) in [4.78, 5) is 16.9. The van der Waals surface area contributed by atoms with Gasteiger partial charge in [-0.05, 0) is 24.1 Å². The summed E-state index contributed by atoms with van der Waals surface area (Å²) in [5.74, 6) is 1.24. The van der Waals surface area contributed by atoms with Crippen molar-refractivity contribution in [3.63, 3.8) is 0 Å². The quantitative estimate of drug-likeness (QED) is 0.858. The van der Waals surface area contributed by atoms with Crippen molar-refractivity contribution < 1.29 is 9.53 Å². The third-order valence-corrected chi connectivity index (χ3v) is 3.74. The van der Waals surface area contributed by atoms with Gasteiger partial charge in [0.2, 0.25) is 0 Å². The van der Waals surface area contributed by atoms with Crippen LogP contribution in [0, 0.1) is 5.92 Å². The molecule has 0 atom stereocenters. The van der Waals surface area contributed by atoms with Crippen LogP contribution in [0.4, 0.5) is 5.69 Å². The molecule has 0 radical (unpaired) electrons. The van der Waals surface area contributed by atoms with Crippen molar-refractivity contribution in [2.45, 2.75) is 13.8 Å². The van der Waals surface area contributed by atoms with E-state index in [2.05, 4.69) is 18.7 Å². The highest BCUT2D eigenvalue weighted by Gasteiger charge is 2.24. The van der Waals surface area contributed by atoms with Crippen LogP contribution in [0.5, 0.6) is 5.75 Å². The molecule has 1 aromatic carbocycles. The first-order valence-corrected chi connectivity index (χ1v) is 7.46. The lowest BCUT2D eigenvalue weighted by Gasteiger charge is -2.35. The van der Waals surface area contributed by atoms with Gasteiger partial charge < -0.3 is 15.4 Å². The molecule has 0 spiro atoms. The number of amides is 1. The Morgan fingerprint density at radius 2 is 1.95 bits per heavy atom.